The lowest BCUT2D eigenvalue weighted by Gasteiger charge is -1.91. The van der Waals surface area contributed by atoms with E-state index in [4.69, 9.17) is 11.8 Å². The smallest absolute Gasteiger partial charge is 0.0491 e. The van der Waals surface area contributed by atoms with Gasteiger partial charge in [-0.3, -0.25) is 4.84 Å². The molecule has 1 aromatic carbocycles. The van der Waals surface area contributed by atoms with Crippen molar-refractivity contribution in [2.75, 3.05) is 4.84 Å². The Morgan fingerprint density at radius 3 is 2.00 bits per heavy atom. The molecule has 0 aromatic heterocycles. The molecule has 0 aliphatic rings. The molecule has 0 unspecified atom stereocenters. The number of nitrogens with one attached hydrogen (secondary N) is 1. The zero-order valence-corrected chi connectivity index (χ0v) is 5.02. The summed E-state index contributed by atoms with van der Waals surface area (Å²) in [6.07, 6.45) is 0. The van der Waals surface area contributed by atoms with E-state index in [2.05, 4.69) is 4.84 Å². The maximum Gasteiger partial charge on any atom is 0.0491 e. The van der Waals surface area contributed by atoms with Crippen LogP contribution in [-0.4, -0.2) is 0 Å². The number of benzene rings is 1. The SMILES string of the molecule is C.ClNc1ccccc1. The van der Waals surface area contributed by atoms with Crippen LogP contribution in [0.5, 0.6) is 0 Å². The van der Waals surface area contributed by atoms with Crippen LogP contribution in [0.3, 0.4) is 0 Å². The Labute approximate surface area is 60.8 Å². The van der Waals surface area contributed by atoms with Gasteiger partial charge in [0.2, 0.25) is 0 Å². The van der Waals surface area contributed by atoms with Crippen LogP contribution in [-0.2, 0) is 0 Å². The molecule has 0 fully saturated rings. The van der Waals surface area contributed by atoms with E-state index in [1.165, 1.54) is 0 Å². The van der Waals surface area contributed by atoms with Crippen molar-refractivity contribution >= 4 is 17.5 Å². The van der Waals surface area contributed by atoms with E-state index in [0.29, 0.717) is 0 Å². The van der Waals surface area contributed by atoms with Crippen molar-refractivity contribution in [3.63, 3.8) is 0 Å². The molecule has 0 radical (unpaired) electrons. The fraction of sp³-hybridized carbons (Fsp3) is 0.143. The molecular weight excluding hydrogens is 134 g/mol. The summed E-state index contributed by atoms with van der Waals surface area (Å²) in [6.45, 7) is 0. The van der Waals surface area contributed by atoms with E-state index in [1.807, 2.05) is 30.3 Å². The van der Waals surface area contributed by atoms with Crippen LogP contribution in [0.2, 0.25) is 0 Å². The molecule has 50 valence electrons. The summed E-state index contributed by atoms with van der Waals surface area (Å²) in [4.78, 5) is 2.50. The van der Waals surface area contributed by atoms with Crippen molar-refractivity contribution in [2.45, 2.75) is 7.43 Å². The first kappa shape index (κ1) is 8.31. The van der Waals surface area contributed by atoms with E-state index >= 15 is 0 Å². The molecule has 2 heteroatoms. The van der Waals surface area contributed by atoms with Gasteiger partial charge in [-0.1, -0.05) is 25.6 Å². The molecule has 9 heavy (non-hydrogen) atoms. The van der Waals surface area contributed by atoms with Gasteiger partial charge in [0.25, 0.3) is 0 Å². The van der Waals surface area contributed by atoms with Gasteiger partial charge in [-0.25, -0.2) is 0 Å². The lowest BCUT2D eigenvalue weighted by atomic mass is 10.3. The van der Waals surface area contributed by atoms with Crippen molar-refractivity contribution < 1.29 is 0 Å². The van der Waals surface area contributed by atoms with E-state index < -0.39 is 0 Å². The monoisotopic (exact) mass is 143 g/mol. The molecule has 0 aliphatic heterocycles. The summed E-state index contributed by atoms with van der Waals surface area (Å²) in [6, 6.07) is 9.58. The summed E-state index contributed by atoms with van der Waals surface area (Å²) < 4.78 is 0. The number of rotatable bonds is 1. The minimum Gasteiger partial charge on any atom is -0.299 e. The second-order valence-electron chi connectivity index (χ2n) is 1.46. The Bertz CT molecular complexity index is 150. The van der Waals surface area contributed by atoms with Gasteiger partial charge in [-0.15, -0.1) is 0 Å². The molecule has 1 nitrogen and oxygen atoms in total. The van der Waals surface area contributed by atoms with Crippen LogP contribution < -0.4 is 4.84 Å². The number of para-hydroxylation sites is 1. The normalized spacial score (nSPS) is 7.67. The van der Waals surface area contributed by atoms with Gasteiger partial charge >= 0.3 is 0 Å². The Balaban J connectivity index is 0.000000640. The second-order valence-corrected chi connectivity index (χ2v) is 1.65. The Kier molecular flexibility index (Phi) is 3.89. The Hall–Kier alpha value is -0.690. The summed E-state index contributed by atoms with van der Waals surface area (Å²) in [5, 5.41) is 0. The fourth-order valence-electron chi connectivity index (χ4n) is 0.501. The van der Waals surface area contributed by atoms with Gasteiger partial charge in [0.1, 0.15) is 0 Å². The molecule has 0 spiro atoms. The predicted octanol–water partition coefficient (Wildman–Crippen LogP) is 2.89. The van der Waals surface area contributed by atoms with Crippen LogP contribution in [0.25, 0.3) is 0 Å². The number of hydrogen-bond acceptors (Lipinski definition) is 1. The standard InChI is InChI=1S/C6H6ClN.CH4/c7-8-6-4-2-1-3-5-6;/h1-5,8H;1H4. The number of hydrogen-bond donors (Lipinski definition) is 1. The average Bonchev–Trinajstić information content (AvgIpc) is 1.90. The Morgan fingerprint density at radius 1 is 1.11 bits per heavy atom. The largest absolute Gasteiger partial charge is 0.299 e. The van der Waals surface area contributed by atoms with Crippen LogP contribution in [0.1, 0.15) is 7.43 Å². The molecule has 0 saturated heterocycles. The minimum absolute atomic E-state index is 0. The summed E-state index contributed by atoms with van der Waals surface area (Å²) in [7, 11) is 0. The first-order chi connectivity index (χ1) is 3.93. The van der Waals surface area contributed by atoms with E-state index in [1.54, 1.807) is 0 Å². The topological polar surface area (TPSA) is 12.0 Å². The molecule has 0 bridgehead atoms. The van der Waals surface area contributed by atoms with Crippen LogP contribution in [0.15, 0.2) is 30.3 Å². The molecule has 0 heterocycles. The maximum atomic E-state index is 5.28. The average molecular weight is 144 g/mol. The lowest BCUT2D eigenvalue weighted by Crippen LogP contribution is -1.75. The molecule has 1 rings (SSSR count). The van der Waals surface area contributed by atoms with Gasteiger partial charge in [-0.2, -0.15) is 0 Å². The van der Waals surface area contributed by atoms with Crippen molar-refractivity contribution in [3.8, 4) is 0 Å². The highest BCUT2D eigenvalue weighted by molar-refractivity contribution is 6.23. The third kappa shape index (κ3) is 2.38. The van der Waals surface area contributed by atoms with Gasteiger partial charge < -0.3 is 0 Å². The van der Waals surface area contributed by atoms with Crippen LogP contribution >= 0.6 is 11.8 Å². The van der Waals surface area contributed by atoms with Gasteiger partial charge in [0.15, 0.2) is 0 Å². The summed E-state index contributed by atoms with van der Waals surface area (Å²) >= 11 is 5.28. The molecule has 0 aliphatic carbocycles. The Morgan fingerprint density at radius 2 is 1.67 bits per heavy atom. The quantitative estimate of drug-likeness (QED) is 0.597. The lowest BCUT2D eigenvalue weighted by molar-refractivity contribution is 1.68. The molecule has 0 atom stereocenters. The van der Waals surface area contributed by atoms with Crippen LogP contribution in [0, 0.1) is 0 Å². The molecule has 1 N–H and O–H groups in total. The van der Waals surface area contributed by atoms with Crippen molar-refractivity contribution in [3.05, 3.63) is 30.3 Å². The predicted molar refractivity (Wildman–Crippen MR) is 42.6 cm³/mol. The van der Waals surface area contributed by atoms with Gasteiger partial charge in [0, 0.05) is 17.5 Å². The summed E-state index contributed by atoms with van der Waals surface area (Å²) in [5.41, 5.74) is 0.925. The third-order valence-electron chi connectivity index (χ3n) is 0.883. The third-order valence-corrected chi connectivity index (χ3v) is 1.10. The molecular formula is C7H10ClN. The number of anilines is 1. The van der Waals surface area contributed by atoms with Gasteiger partial charge in [-0.05, 0) is 12.1 Å². The van der Waals surface area contributed by atoms with Crippen molar-refractivity contribution in [1.82, 2.24) is 0 Å². The fourth-order valence-corrected chi connectivity index (χ4v) is 0.627. The van der Waals surface area contributed by atoms with E-state index in [0.717, 1.165) is 5.69 Å². The first-order valence-corrected chi connectivity index (χ1v) is 2.73. The maximum absolute atomic E-state index is 5.28. The van der Waals surface area contributed by atoms with Crippen molar-refractivity contribution in [2.24, 2.45) is 0 Å². The summed E-state index contributed by atoms with van der Waals surface area (Å²) in [5.74, 6) is 0. The van der Waals surface area contributed by atoms with E-state index in [-0.39, 0.29) is 7.43 Å². The van der Waals surface area contributed by atoms with Crippen molar-refractivity contribution in [1.29, 1.82) is 0 Å². The highest BCUT2D eigenvalue weighted by Crippen LogP contribution is 2.04. The number of halogens is 1. The zero-order chi connectivity index (χ0) is 5.82. The molecule has 0 saturated carbocycles. The highest BCUT2D eigenvalue weighted by atomic mass is 35.5. The second kappa shape index (κ2) is 4.21. The molecule has 1 aromatic rings. The van der Waals surface area contributed by atoms with E-state index in [9.17, 15) is 0 Å². The zero-order valence-electron chi connectivity index (χ0n) is 4.26. The van der Waals surface area contributed by atoms with Gasteiger partial charge in [0.05, 0.1) is 0 Å². The minimum atomic E-state index is 0. The molecule has 0 amide bonds. The highest BCUT2D eigenvalue weighted by Gasteiger charge is 1.79. The van der Waals surface area contributed by atoms with Crippen LogP contribution in [0.4, 0.5) is 5.69 Å². The first-order valence-electron chi connectivity index (χ1n) is 2.35.